The molecule has 1 heterocycles. The molecular formula is C12H19N3O4S. The molecule has 0 bridgehead atoms. The SMILES string of the molecule is Cc1[nH]ncc1S(=O)(=O)NCC1CCCCC1C(=O)O. The largest absolute Gasteiger partial charge is 0.481 e. The predicted octanol–water partition coefficient (Wildman–Crippen LogP) is 0.887. The second kappa shape index (κ2) is 5.92. The Morgan fingerprint density at radius 3 is 2.80 bits per heavy atom. The number of H-pyrrole nitrogens is 1. The highest BCUT2D eigenvalue weighted by Gasteiger charge is 2.32. The number of nitrogens with one attached hydrogen (secondary N) is 2. The number of aromatic nitrogens is 2. The number of carboxylic acid groups (broad SMARTS) is 1. The van der Waals surface area contributed by atoms with Crippen molar-refractivity contribution in [3.05, 3.63) is 11.9 Å². The smallest absolute Gasteiger partial charge is 0.306 e. The molecule has 1 aliphatic carbocycles. The highest BCUT2D eigenvalue weighted by Crippen LogP contribution is 2.30. The summed E-state index contributed by atoms with van der Waals surface area (Å²) in [6, 6.07) is 0. The average molecular weight is 301 g/mol. The minimum absolute atomic E-state index is 0.111. The third-order valence-corrected chi connectivity index (χ3v) is 5.37. The van der Waals surface area contributed by atoms with Crippen LogP contribution >= 0.6 is 0 Å². The number of hydrogen-bond acceptors (Lipinski definition) is 4. The number of aryl methyl sites for hydroxylation is 1. The minimum atomic E-state index is -3.63. The van der Waals surface area contributed by atoms with Crippen molar-refractivity contribution in [1.82, 2.24) is 14.9 Å². The maximum atomic E-state index is 12.1. The van der Waals surface area contributed by atoms with Crippen molar-refractivity contribution in [2.75, 3.05) is 6.54 Å². The van der Waals surface area contributed by atoms with Crippen molar-refractivity contribution >= 4 is 16.0 Å². The Labute approximate surface area is 117 Å². The summed E-state index contributed by atoms with van der Waals surface area (Å²) in [6.45, 7) is 1.78. The first-order valence-electron chi connectivity index (χ1n) is 6.64. The maximum absolute atomic E-state index is 12.1. The highest BCUT2D eigenvalue weighted by atomic mass is 32.2. The van der Waals surface area contributed by atoms with E-state index in [-0.39, 0.29) is 17.4 Å². The Kier molecular flexibility index (Phi) is 4.44. The molecule has 0 amide bonds. The lowest BCUT2D eigenvalue weighted by Gasteiger charge is -2.28. The molecule has 112 valence electrons. The van der Waals surface area contributed by atoms with E-state index in [4.69, 9.17) is 0 Å². The monoisotopic (exact) mass is 301 g/mol. The topological polar surface area (TPSA) is 112 Å². The van der Waals surface area contributed by atoms with Gasteiger partial charge in [-0.25, -0.2) is 13.1 Å². The molecule has 1 aromatic rings. The summed E-state index contributed by atoms with van der Waals surface area (Å²) in [7, 11) is -3.63. The molecule has 1 aliphatic rings. The highest BCUT2D eigenvalue weighted by molar-refractivity contribution is 7.89. The van der Waals surface area contributed by atoms with Crippen LogP contribution in [0.5, 0.6) is 0 Å². The zero-order chi connectivity index (χ0) is 14.8. The minimum Gasteiger partial charge on any atom is -0.481 e. The van der Waals surface area contributed by atoms with E-state index >= 15 is 0 Å². The lowest BCUT2D eigenvalue weighted by atomic mass is 9.79. The normalized spacial score (nSPS) is 23.6. The summed E-state index contributed by atoms with van der Waals surface area (Å²) >= 11 is 0. The van der Waals surface area contributed by atoms with Gasteiger partial charge in [-0.05, 0) is 25.7 Å². The Morgan fingerprint density at radius 1 is 1.50 bits per heavy atom. The Bertz CT molecular complexity index is 581. The fourth-order valence-electron chi connectivity index (χ4n) is 2.68. The van der Waals surface area contributed by atoms with Crippen LogP contribution in [0.1, 0.15) is 31.4 Å². The summed E-state index contributed by atoms with van der Waals surface area (Å²) < 4.78 is 26.7. The Balaban J connectivity index is 2.04. The first kappa shape index (κ1) is 15.0. The lowest BCUT2D eigenvalue weighted by molar-refractivity contribution is -0.144. The fourth-order valence-corrected chi connectivity index (χ4v) is 3.91. The molecule has 1 saturated carbocycles. The molecule has 2 unspecified atom stereocenters. The van der Waals surface area contributed by atoms with Gasteiger partial charge >= 0.3 is 5.97 Å². The fraction of sp³-hybridized carbons (Fsp3) is 0.667. The standard InChI is InChI=1S/C12H19N3O4S/c1-8-11(7-13-15-8)20(18,19)14-6-9-4-2-3-5-10(9)12(16)17/h7,9-10,14H,2-6H2,1H3,(H,13,15)(H,16,17). The molecule has 2 rings (SSSR count). The molecule has 0 spiro atoms. The van der Waals surface area contributed by atoms with Crippen LogP contribution in [0.4, 0.5) is 0 Å². The van der Waals surface area contributed by atoms with Crippen LogP contribution < -0.4 is 4.72 Å². The van der Waals surface area contributed by atoms with Gasteiger partial charge in [-0.3, -0.25) is 9.89 Å². The Morgan fingerprint density at radius 2 is 2.20 bits per heavy atom. The van der Waals surface area contributed by atoms with Crippen molar-refractivity contribution in [2.24, 2.45) is 11.8 Å². The van der Waals surface area contributed by atoms with E-state index in [1.807, 2.05) is 0 Å². The molecule has 0 aliphatic heterocycles. The van der Waals surface area contributed by atoms with Crippen LogP contribution in [0, 0.1) is 18.8 Å². The number of carbonyl (C=O) groups is 1. The second-order valence-electron chi connectivity index (χ2n) is 5.20. The number of sulfonamides is 1. The van der Waals surface area contributed by atoms with E-state index in [9.17, 15) is 18.3 Å². The number of rotatable bonds is 5. The van der Waals surface area contributed by atoms with Gasteiger partial charge in [0, 0.05) is 6.54 Å². The number of nitrogens with zero attached hydrogens (tertiary/aromatic N) is 1. The van der Waals surface area contributed by atoms with Gasteiger partial charge in [0.2, 0.25) is 10.0 Å². The van der Waals surface area contributed by atoms with E-state index in [1.165, 1.54) is 6.20 Å². The summed E-state index contributed by atoms with van der Waals surface area (Å²) in [6.07, 6.45) is 4.45. The van der Waals surface area contributed by atoms with Gasteiger partial charge in [-0.2, -0.15) is 5.10 Å². The zero-order valence-corrected chi connectivity index (χ0v) is 12.1. The first-order chi connectivity index (χ1) is 9.42. The molecule has 7 nitrogen and oxygen atoms in total. The quantitative estimate of drug-likeness (QED) is 0.747. The Hall–Kier alpha value is -1.41. The van der Waals surface area contributed by atoms with E-state index in [2.05, 4.69) is 14.9 Å². The van der Waals surface area contributed by atoms with Gasteiger partial charge in [0.25, 0.3) is 0 Å². The van der Waals surface area contributed by atoms with Gasteiger partial charge in [0.05, 0.1) is 17.8 Å². The molecule has 1 fully saturated rings. The number of hydrogen-bond donors (Lipinski definition) is 3. The van der Waals surface area contributed by atoms with Crippen molar-refractivity contribution in [3.63, 3.8) is 0 Å². The molecule has 3 N–H and O–H groups in total. The second-order valence-corrected chi connectivity index (χ2v) is 6.94. The van der Waals surface area contributed by atoms with Crippen LogP contribution in [-0.4, -0.2) is 36.2 Å². The lowest BCUT2D eigenvalue weighted by Crippen LogP contribution is -2.37. The van der Waals surface area contributed by atoms with E-state index < -0.39 is 21.9 Å². The van der Waals surface area contributed by atoms with Gasteiger partial charge in [-0.1, -0.05) is 12.8 Å². The van der Waals surface area contributed by atoms with Gasteiger partial charge in [0.15, 0.2) is 0 Å². The molecular weight excluding hydrogens is 282 g/mol. The molecule has 8 heteroatoms. The van der Waals surface area contributed by atoms with E-state index in [1.54, 1.807) is 6.92 Å². The van der Waals surface area contributed by atoms with Crippen LogP contribution in [-0.2, 0) is 14.8 Å². The van der Waals surface area contributed by atoms with E-state index in [0.717, 1.165) is 19.3 Å². The molecule has 20 heavy (non-hydrogen) atoms. The summed E-state index contributed by atoms with van der Waals surface area (Å²) in [5, 5.41) is 15.4. The number of aliphatic carboxylic acids is 1. The molecule has 1 aromatic heterocycles. The van der Waals surface area contributed by atoms with Crippen LogP contribution in [0.15, 0.2) is 11.1 Å². The first-order valence-corrected chi connectivity index (χ1v) is 8.12. The average Bonchev–Trinajstić information content (AvgIpc) is 2.84. The molecule has 2 atom stereocenters. The summed E-state index contributed by atoms with van der Waals surface area (Å²) in [4.78, 5) is 11.3. The molecule has 0 saturated heterocycles. The summed E-state index contributed by atoms with van der Waals surface area (Å²) in [5.41, 5.74) is 0.468. The number of carboxylic acids is 1. The number of aromatic amines is 1. The van der Waals surface area contributed by atoms with Crippen LogP contribution in [0.2, 0.25) is 0 Å². The van der Waals surface area contributed by atoms with Crippen LogP contribution in [0.3, 0.4) is 0 Å². The van der Waals surface area contributed by atoms with E-state index in [0.29, 0.717) is 12.1 Å². The molecule has 0 radical (unpaired) electrons. The van der Waals surface area contributed by atoms with Crippen molar-refractivity contribution in [1.29, 1.82) is 0 Å². The van der Waals surface area contributed by atoms with Crippen molar-refractivity contribution < 1.29 is 18.3 Å². The predicted molar refractivity (Wildman–Crippen MR) is 71.6 cm³/mol. The maximum Gasteiger partial charge on any atom is 0.306 e. The van der Waals surface area contributed by atoms with Gasteiger partial charge in [-0.15, -0.1) is 0 Å². The van der Waals surface area contributed by atoms with Crippen LogP contribution in [0.25, 0.3) is 0 Å². The van der Waals surface area contributed by atoms with Crippen molar-refractivity contribution in [2.45, 2.75) is 37.5 Å². The third kappa shape index (κ3) is 3.18. The molecule has 0 aromatic carbocycles. The third-order valence-electron chi connectivity index (χ3n) is 3.83. The summed E-state index contributed by atoms with van der Waals surface area (Å²) in [5.74, 6) is -1.45. The van der Waals surface area contributed by atoms with Gasteiger partial charge in [0.1, 0.15) is 4.90 Å². The van der Waals surface area contributed by atoms with Crippen molar-refractivity contribution in [3.8, 4) is 0 Å². The van der Waals surface area contributed by atoms with Gasteiger partial charge < -0.3 is 5.11 Å². The zero-order valence-electron chi connectivity index (χ0n) is 11.3.